The topological polar surface area (TPSA) is 94.0 Å². The highest BCUT2D eigenvalue weighted by molar-refractivity contribution is 6.31. The summed E-state index contributed by atoms with van der Waals surface area (Å²) in [5.74, 6) is 0.554. The van der Waals surface area contributed by atoms with E-state index in [-0.39, 0.29) is 29.4 Å². The molecule has 0 fully saturated rings. The molecule has 0 bridgehead atoms. The molecule has 0 saturated heterocycles. The highest BCUT2D eigenvalue weighted by atomic mass is 35.5. The van der Waals surface area contributed by atoms with E-state index in [2.05, 4.69) is 15.1 Å². The van der Waals surface area contributed by atoms with E-state index < -0.39 is 6.10 Å². The predicted molar refractivity (Wildman–Crippen MR) is 91.8 cm³/mol. The van der Waals surface area contributed by atoms with Gasteiger partial charge in [0.2, 0.25) is 5.89 Å². The van der Waals surface area contributed by atoms with Crippen LogP contribution in [0.5, 0.6) is 0 Å². The molecule has 0 aliphatic heterocycles. The number of aryl methyl sites for hydroxylation is 1. The molecule has 25 heavy (non-hydrogen) atoms. The molecule has 9 heteroatoms. The summed E-state index contributed by atoms with van der Waals surface area (Å²) in [5.41, 5.74) is 0.775. The third-order valence-corrected chi connectivity index (χ3v) is 4.29. The van der Waals surface area contributed by atoms with E-state index in [1.54, 1.807) is 31.2 Å². The molecule has 1 aromatic carbocycles. The molecule has 0 spiro atoms. The van der Waals surface area contributed by atoms with Crippen molar-refractivity contribution >= 4 is 23.2 Å². The van der Waals surface area contributed by atoms with Gasteiger partial charge in [0.15, 0.2) is 5.82 Å². The lowest BCUT2D eigenvalue weighted by atomic mass is 10.1. The highest BCUT2D eigenvalue weighted by Gasteiger charge is 2.15. The van der Waals surface area contributed by atoms with Crippen LogP contribution < -0.4 is 5.56 Å². The second-order valence-corrected chi connectivity index (χ2v) is 6.27. The fourth-order valence-electron chi connectivity index (χ4n) is 2.22. The molecule has 7 nitrogen and oxygen atoms in total. The smallest absolute Gasteiger partial charge is 0.272 e. The van der Waals surface area contributed by atoms with Crippen molar-refractivity contribution in [3.8, 4) is 0 Å². The predicted octanol–water partition coefficient (Wildman–Crippen LogP) is 2.57. The molecule has 130 valence electrons. The SMILES string of the molecule is Cc1ncn(Cc2nc(CC(O)c3ccc(Cl)cc3)no2)c(=O)c1Cl. The number of aliphatic hydroxyl groups is 1. The molecule has 3 aromatic rings. The number of rotatable bonds is 5. The minimum Gasteiger partial charge on any atom is -0.388 e. The minimum atomic E-state index is -0.791. The van der Waals surface area contributed by atoms with Crippen molar-refractivity contribution in [3.63, 3.8) is 0 Å². The first-order valence-corrected chi connectivity index (χ1v) is 8.16. The number of hydrogen-bond donors (Lipinski definition) is 1. The van der Waals surface area contributed by atoms with Crippen molar-refractivity contribution < 1.29 is 9.63 Å². The maximum Gasteiger partial charge on any atom is 0.272 e. The van der Waals surface area contributed by atoms with Gasteiger partial charge in [-0.25, -0.2) is 4.98 Å². The number of halogens is 2. The zero-order chi connectivity index (χ0) is 18.0. The first kappa shape index (κ1) is 17.6. The van der Waals surface area contributed by atoms with Crippen molar-refractivity contribution in [2.45, 2.75) is 26.0 Å². The Hall–Kier alpha value is -2.22. The molecule has 1 unspecified atom stereocenters. The lowest BCUT2D eigenvalue weighted by molar-refractivity contribution is 0.174. The maximum absolute atomic E-state index is 12.0. The third-order valence-electron chi connectivity index (χ3n) is 3.60. The summed E-state index contributed by atoms with van der Waals surface area (Å²) in [6.07, 6.45) is 0.754. The summed E-state index contributed by atoms with van der Waals surface area (Å²) in [6.45, 7) is 1.70. The molecular weight excluding hydrogens is 367 g/mol. The van der Waals surface area contributed by atoms with Gasteiger partial charge in [-0.3, -0.25) is 9.36 Å². The van der Waals surface area contributed by atoms with E-state index in [9.17, 15) is 9.90 Å². The number of hydrogen-bond acceptors (Lipinski definition) is 6. The van der Waals surface area contributed by atoms with Crippen LogP contribution in [0.4, 0.5) is 0 Å². The monoisotopic (exact) mass is 380 g/mol. The molecule has 0 radical (unpaired) electrons. The third kappa shape index (κ3) is 4.07. The molecule has 3 rings (SSSR count). The molecule has 0 aliphatic rings. The zero-order valence-electron chi connectivity index (χ0n) is 13.2. The molecule has 2 aromatic heterocycles. The van der Waals surface area contributed by atoms with Crippen LogP contribution in [-0.4, -0.2) is 24.8 Å². The molecule has 2 heterocycles. The highest BCUT2D eigenvalue weighted by Crippen LogP contribution is 2.19. The van der Waals surface area contributed by atoms with Gasteiger partial charge in [0.1, 0.15) is 11.6 Å². The van der Waals surface area contributed by atoms with Gasteiger partial charge in [-0.1, -0.05) is 40.5 Å². The number of nitrogens with zero attached hydrogens (tertiary/aromatic N) is 4. The first-order valence-electron chi connectivity index (χ1n) is 7.40. The Morgan fingerprint density at radius 1 is 1.28 bits per heavy atom. The fraction of sp³-hybridized carbons (Fsp3) is 0.250. The summed E-state index contributed by atoms with van der Waals surface area (Å²) in [7, 11) is 0. The maximum atomic E-state index is 12.0. The molecule has 0 saturated carbocycles. The Balaban J connectivity index is 1.71. The number of aromatic nitrogens is 4. The average molecular weight is 381 g/mol. The van der Waals surface area contributed by atoms with Crippen molar-refractivity contribution in [3.05, 3.63) is 74.0 Å². The number of benzene rings is 1. The molecule has 1 atom stereocenters. The summed E-state index contributed by atoms with van der Waals surface area (Å²) in [6, 6.07) is 6.85. The fourth-order valence-corrected chi connectivity index (χ4v) is 2.50. The van der Waals surface area contributed by atoms with Crippen LogP contribution in [0.3, 0.4) is 0 Å². The Kier molecular flexibility index (Phi) is 5.17. The van der Waals surface area contributed by atoms with Crippen LogP contribution in [0, 0.1) is 6.92 Å². The molecule has 1 N–H and O–H groups in total. The first-order chi connectivity index (χ1) is 11.9. The van der Waals surface area contributed by atoms with E-state index in [1.165, 1.54) is 10.9 Å². The Labute approximate surface area is 152 Å². The van der Waals surface area contributed by atoms with Crippen molar-refractivity contribution in [2.75, 3.05) is 0 Å². The average Bonchev–Trinajstić information content (AvgIpc) is 3.03. The van der Waals surface area contributed by atoms with Gasteiger partial charge >= 0.3 is 0 Å². The zero-order valence-corrected chi connectivity index (χ0v) is 14.7. The minimum absolute atomic E-state index is 0.0515. The molecular formula is C16H14Cl2N4O3. The van der Waals surface area contributed by atoms with E-state index in [0.29, 0.717) is 22.1 Å². The van der Waals surface area contributed by atoms with E-state index in [0.717, 1.165) is 0 Å². The summed E-state index contributed by atoms with van der Waals surface area (Å²) < 4.78 is 6.41. The van der Waals surface area contributed by atoms with Crippen molar-refractivity contribution in [2.24, 2.45) is 0 Å². The van der Waals surface area contributed by atoms with Gasteiger partial charge in [-0.05, 0) is 24.6 Å². The Bertz CT molecular complexity index is 937. The van der Waals surface area contributed by atoms with Crippen LogP contribution in [-0.2, 0) is 13.0 Å². The lowest BCUT2D eigenvalue weighted by Gasteiger charge is -2.08. The Morgan fingerprint density at radius 3 is 2.72 bits per heavy atom. The van der Waals surface area contributed by atoms with Gasteiger partial charge in [0.05, 0.1) is 18.1 Å². The summed E-state index contributed by atoms with van der Waals surface area (Å²) in [5, 5.41) is 14.7. The summed E-state index contributed by atoms with van der Waals surface area (Å²) in [4.78, 5) is 20.3. The van der Waals surface area contributed by atoms with Crippen LogP contribution in [0.25, 0.3) is 0 Å². The lowest BCUT2D eigenvalue weighted by Crippen LogP contribution is -2.22. The molecule has 0 aliphatic carbocycles. The van der Waals surface area contributed by atoms with E-state index in [1.807, 2.05) is 0 Å². The van der Waals surface area contributed by atoms with Crippen LogP contribution >= 0.6 is 23.2 Å². The van der Waals surface area contributed by atoms with Gasteiger partial charge in [0.25, 0.3) is 5.56 Å². The second kappa shape index (κ2) is 7.35. The molecule has 0 amide bonds. The van der Waals surface area contributed by atoms with Crippen molar-refractivity contribution in [1.82, 2.24) is 19.7 Å². The Morgan fingerprint density at radius 2 is 2.00 bits per heavy atom. The second-order valence-electron chi connectivity index (χ2n) is 5.45. The van der Waals surface area contributed by atoms with Crippen LogP contribution in [0.15, 0.2) is 39.9 Å². The normalized spacial score (nSPS) is 12.3. The van der Waals surface area contributed by atoms with Gasteiger partial charge in [0, 0.05) is 11.4 Å². The van der Waals surface area contributed by atoms with Gasteiger partial charge in [-0.15, -0.1) is 0 Å². The van der Waals surface area contributed by atoms with E-state index in [4.69, 9.17) is 27.7 Å². The van der Waals surface area contributed by atoms with Crippen LogP contribution in [0.2, 0.25) is 10.0 Å². The standard InChI is InChI=1S/C16H14Cl2N4O3/c1-9-15(18)16(24)22(8-19-9)7-14-20-13(21-25-14)6-12(23)10-2-4-11(17)5-3-10/h2-5,8,12,23H,6-7H2,1H3. The van der Waals surface area contributed by atoms with Gasteiger partial charge < -0.3 is 9.63 Å². The largest absolute Gasteiger partial charge is 0.388 e. The van der Waals surface area contributed by atoms with Crippen LogP contribution in [0.1, 0.15) is 29.1 Å². The van der Waals surface area contributed by atoms with Gasteiger partial charge in [-0.2, -0.15) is 4.98 Å². The quantitative estimate of drug-likeness (QED) is 0.730. The number of aliphatic hydroxyl groups excluding tert-OH is 1. The van der Waals surface area contributed by atoms with E-state index >= 15 is 0 Å². The summed E-state index contributed by atoms with van der Waals surface area (Å²) >= 11 is 11.7. The van der Waals surface area contributed by atoms with Crippen molar-refractivity contribution in [1.29, 1.82) is 0 Å².